The van der Waals surface area contributed by atoms with Crippen LogP contribution in [0.5, 0.6) is 11.6 Å². The number of Topliss-reactive ketones (excluding diaryl/α,β-unsaturated/α-hetero) is 1. The molecule has 9 nitrogen and oxygen atoms in total. The Bertz CT molecular complexity index is 1500. The van der Waals surface area contributed by atoms with Gasteiger partial charge in [0.15, 0.2) is 0 Å². The van der Waals surface area contributed by atoms with Gasteiger partial charge < -0.3 is 14.8 Å². The number of ether oxygens (including phenoxy) is 2. The topological polar surface area (TPSA) is 108 Å². The molecular formula is C29H28ClN5O4. The number of benzene rings is 2. The monoisotopic (exact) mass is 545 g/mol. The van der Waals surface area contributed by atoms with Crippen molar-refractivity contribution in [2.24, 2.45) is 5.92 Å². The number of ketones is 1. The fraction of sp³-hybridized carbons (Fsp3) is 0.276. The van der Waals surface area contributed by atoms with Crippen LogP contribution >= 0.6 is 11.6 Å². The van der Waals surface area contributed by atoms with Crippen molar-refractivity contribution in [3.8, 4) is 11.6 Å². The number of anilines is 2. The van der Waals surface area contributed by atoms with Gasteiger partial charge in [0.25, 0.3) is 5.56 Å². The molecule has 0 saturated carbocycles. The lowest BCUT2D eigenvalue weighted by atomic mass is 9.92. The number of aryl methyl sites for hydroxylation is 1. The molecule has 0 amide bonds. The second-order valence-electron chi connectivity index (χ2n) is 9.40. The highest BCUT2D eigenvalue weighted by Gasteiger charge is 2.23. The summed E-state index contributed by atoms with van der Waals surface area (Å²) >= 11 is 6.06. The Labute approximate surface area is 230 Å². The zero-order chi connectivity index (χ0) is 27.2. The molecule has 1 saturated heterocycles. The van der Waals surface area contributed by atoms with E-state index in [0.717, 1.165) is 11.3 Å². The van der Waals surface area contributed by atoms with Crippen molar-refractivity contribution in [3.63, 3.8) is 0 Å². The van der Waals surface area contributed by atoms with Gasteiger partial charge in [-0.1, -0.05) is 23.7 Å². The third-order valence-corrected chi connectivity index (χ3v) is 6.73. The van der Waals surface area contributed by atoms with E-state index in [2.05, 4.69) is 20.3 Å². The molecule has 4 aromatic rings. The lowest BCUT2D eigenvalue weighted by Crippen LogP contribution is -2.31. The lowest BCUT2D eigenvalue weighted by molar-refractivity contribution is -0.125. The van der Waals surface area contributed by atoms with Gasteiger partial charge in [-0.25, -0.2) is 9.97 Å². The molecule has 1 aliphatic rings. The highest BCUT2D eigenvalue weighted by Crippen LogP contribution is 2.23. The average molecular weight is 546 g/mol. The van der Waals surface area contributed by atoms with Gasteiger partial charge in [-0.3, -0.25) is 19.1 Å². The second kappa shape index (κ2) is 12.2. The molecule has 1 N–H and O–H groups in total. The summed E-state index contributed by atoms with van der Waals surface area (Å²) in [5.74, 6) is 1.31. The van der Waals surface area contributed by atoms with Gasteiger partial charge in [0.1, 0.15) is 11.5 Å². The number of aromatic nitrogens is 4. The number of nitrogens with zero attached hydrogens (tertiary/aromatic N) is 4. The third kappa shape index (κ3) is 6.87. The first-order chi connectivity index (χ1) is 18.9. The normalized spacial score (nSPS) is 13.7. The number of hydrogen-bond donors (Lipinski definition) is 1. The minimum atomic E-state index is -0.263. The molecule has 5 rings (SSSR count). The van der Waals surface area contributed by atoms with Gasteiger partial charge in [0.2, 0.25) is 11.8 Å². The third-order valence-electron chi connectivity index (χ3n) is 6.48. The zero-order valence-corrected chi connectivity index (χ0v) is 22.2. The van der Waals surface area contributed by atoms with Crippen molar-refractivity contribution < 1.29 is 14.3 Å². The van der Waals surface area contributed by atoms with Gasteiger partial charge in [-0.2, -0.15) is 0 Å². The van der Waals surface area contributed by atoms with Gasteiger partial charge in [0, 0.05) is 54.2 Å². The molecule has 39 heavy (non-hydrogen) atoms. The van der Waals surface area contributed by atoms with Crippen LogP contribution in [0.3, 0.4) is 0 Å². The van der Waals surface area contributed by atoms with Crippen LogP contribution in [-0.4, -0.2) is 38.5 Å². The highest BCUT2D eigenvalue weighted by atomic mass is 35.5. The first-order valence-electron chi connectivity index (χ1n) is 12.7. The predicted molar refractivity (Wildman–Crippen MR) is 148 cm³/mol. The average Bonchev–Trinajstić information content (AvgIpc) is 2.95. The first-order valence-corrected chi connectivity index (χ1v) is 13.1. The van der Waals surface area contributed by atoms with E-state index in [4.69, 9.17) is 21.1 Å². The summed E-state index contributed by atoms with van der Waals surface area (Å²) in [6.45, 7) is 3.24. The van der Waals surface area contributed by atoms with Gasteiger partial charge in [-0.05, 0) is 61.7 Å². The second-order valence-corrected chi connectivity index (χ2v) is 9.84. The Hall–Kier alpha value is -4.08. The Kier molecular flexibility index (Phi) is 8.29. The quantitative estimate of drug-likeness (QED) is 0.309. The molecule has 10 heteroatoms. The van der Waals surface area contributed by atoms with Crippen molar-refractivity contribution in [3.05, 3.63) is 99.3 Å². The Morgan fingerprint density at radius 2 is 1.82 bits per heavy atom. The number of carbonyl (C=O) groups is 1. The van der Waals surface area contributed by atoms with Crippen molar-refractivity contribution in [1.29, 1.82) is 0 Å². The Morgan fingerprint density at radius 1 is 1.08 bits per heavy atom. The van der Waals surface area contributed by atoms with E-state index < -0.39 is 0 Å². The van der Waals surface area contributed by atoms with Gasteiger partial charge in [0.05, 0.1) is 18.4 Å². The van der Waals surface area contributed by atoms with Crippen LogP contribution in [0.1, 0.15) is 29.7 Å². The van der Waals surface area contributed by atoms with E-state index in [-0.39, 0.29) is 30.2 Å². The van der Waals surface area contributed by atoms with Crippen molar-refractivity contribution in [2.45, 2.75) is 32.7 Å². The van der Waals surface area contributed by atoms with Crippen LogP contribution in [0.15, 0.2) is 71.9 Å². The minimum absolute atomic E-state index is 0.0461. The van der Waals surface area contributed by atoms with E-state index in [1.807, 2.05) is 31.2 Å². The minimum Gasteiger partial charge on any atom is -0.437 e. The van der Waals surface area contributed by atoms with E-state index in [9.17, 15) is 9.59 Å². The zero-order valence-electron chi connectivity index (χ0n) is 21.5. The van der Waals surface area contributed by atoms with E-state index >= 15 is 0 Å². The van der Waals surface area contributed by atoms with Gasteiger partial charge in [-0.15, -0.1) is 0 Å². The summed E-state index contributed by atoms with van der Waals surface area (Å²) in [5, 5.41) is 3.84. The fourth-order valence-electron chi connectivity index (χ4n) is 4.37. The number of nitrogens with one attached hydrogen (secondary N) is 1. The van der Waals surface area contributed by atoms with Crippen molar-refractivity contribution in [2.75, 3.05) is 18.5 Å². The predicted octanol–water partition coefficient (Wildman–Crippen LogP) is 5.12. The maximum Gasteiger partial charge on any atom is 0.258 e. The standard InChI is InChI=1S/C29H28ClN5O4/c1-19-15-31-17-27(33-19)39-25-8-6-24(7-9-25)34-29-32-16-22(14-26(36)21-10-12-38-13-11-21)28(37)35(29)18-20-2-4-23(30)5-3-20/h2-9,15-17,21H,10-14,18H2,1H3,(H,32,34). The molecule has 200 valence electrons. The number of halogens is 1. The fourth-order valence-corrected chi connectivity index (χ4v) is 4.50. The van der Waals surface area contributed by atoms with Crippen LogP contribution in [0.4, 0.5) is 11.6 Å². The van der Waals surface area contributed by atoms with Crippen molar-refractivity contribution in [1.82, 2.24) is 19.5 Å². The molecule has 2 aromatic carbocycles. The van der Waals surface area contributed by atoms with E-state index in [1.165, 1.54) is 6.20 Å². The molecular weight excluding hydrogens is 518 g/mol. The van der Waals surface area contributed by atoms with Crippen molar-refractivity contribution >= 4 is 29.0 Å². The molecule has 1 aliphatic heterocycles. The van der Waals surface area contributed by atoms with Crippen LogP contribution in [0.25, 0.3) is 0 Å². The van der Waals surface area contributed by atoms with Crippen LogP contribution in [0, 0.1) is 12.8 Å². The maximum absolute atomic E-state index is 13.6. The molecule has 0 unspecified atom stereocenters. The Balaban J connectivity index is 1.38. The summed E-state index contributed by atoms with van der Waals surface area (Å²) in [6, 6.07) is 14.5. The highest BCUT2D eigenvalue weighted by molar-refractivity contribution is 6.30. The van der Waals surface area contributed by atoms with Gasteiger partial charge >= 0.3 is 0 Å². The summed E-state index contributed by atoms with van der Waals surface area (Å²) in [6.07, 6.45) is 6.11. The molecule has 3 heterocycles. The summed E-state index contributed by atoms with van der Waals surface area (Å²) in [4.78, 5) is 39.4. The molecule has 0 bridgehead atoms. The Morgan fingerprint density at radius 3 is 2.54 bits per heavy atom. The molecule has 0 aliphatic carbocycles. The molecule has 0 atom stereocenters. The molecule has 1 fully saturated rings. The smallest absolute Gasteiger partial charge is 0.258 e. The summed E-state index contributed by atoms with van der Waals surface area (Å²) < 4.78 is 12.7. The number of hydrogen-bond acceptors (Lipinski definition) is 8. The molecule has 2 aromatic heterocycles. The van der Waals surface area contributed by atoms with Crippen LogP contribution in [-0.2, 0) is 22.5 Å². The van der Waals surface area contributed by atoms with Crippen LogP contribution in [0.2, 0.25) is 5.02 Å². The summed E-state index contributed by atoms with van der Waals surface area (Å²) in [7, 11) is 0. The lowest BCUT2D eigenvalue weighted by Gasteiger charge is -2.21. The maximum atomic E-state index is 13.6. The first kappa shape index (κ1) is 26.5. The number of rotatable bonds is 9. The molecule has 0 spiro atoms. The number of carbonyl (C=O) groups excluding carboxylic acids is 1. The molecule has 0 radical (unpaired) electrons. The van der Waals surface area contributed by atoms with E-state index in [0.29, 0.717) is 59.9 Å². The van der Waals surface area contributed by atoms with Crippen LogP contribution < -0.4 is 15.6 Å². The largest absolute Gasteiger partial charge is 0.437 e. The SMILES string of the molecule is Cc1cncc(Oc2ccc(Nc3ncc(CC(=O)C4CCOCC4)c(=O)n3Cc3ccc(Cl)cc3)cc2)n1. The van der Waals surface area contributed by atoms with E-state index in [1.54, 1.807) is 41.2 Å². The summed E-state index contributed by atoms with van der Waals surface area (Å²) in [5.41, 5.74) is 2.45.